The second kappa shape index (κ2) is 9.97. The number of rotatable bonds is 8. The Balaban J connectivity index is 1.98. The molecule has 8 heteroatoms. The Bertz CT molecular complexity index is 884. The van der Waals surface area contributed by atoms with Gasteiger partial charge < -0.3 is 15.5 Å². The molecule has 0 saturated carbocycles. The lowest BCUT2D eigenvalue weighted by Crippen LogP contribution is -3.11. The van der Waals surface area contributed by atoms with Gasteiger partial charge in [0.15, 0.2) is 5.11 Å². The van der Waals surface area contributed by atoms with Crippen LogP contribution in [0.2, 0.25) is 0 Å². The number of hydrogen-bond donors (Lipinski definition) is 3. The maximum absolute atomic E-state index is 12.3. The van der Waals surface area contributed by atoms with Crippen LogP contribution in [0.5, 0.6) is 0 Å². The second-order valence-corrected chi connectivity index (χ2v) is 9.67. The van der Waals surface area contributed by atoms with Crippen LogP contribution in [-0.4, -0.2) is 58.6 Å². The molecule has 0 aliphatic heterocycles. The molecule has 152 valence electrons. The number of quaternary nitrogens is 1. The monoisotopic (exact) mass is 421 g/mol. The quantitative estimate of drug-likeness (QED) is 0.555. The Hall–Kier alpha value is -2.00. The lowest BCUT2D eigenvalue weighted by Gasteiger charge is -2.23. The molecule has 0 aliphatic carbocycles. The summed E-state index contributed by atoms with van der Waals surface area (Å²) in [6, 6.07) is 17.4. The van der Waals surface area contributed by atoms with Crippen LogP contribution in [0.4, 0.5) is 5.69 Å². The third kappa shape index (κ3) is 6.27. The van der Waals surface area contributed by atoms with Crippen LogP contribution < -0.4 is 15.5 Å². The molecule has 2 aromatic rings. The van der Waals surface area contributed by atoms with Crippen molar-refractivity contribution < 1.29 is 13.3 Å². The van der Waals surface area contributed by atoms with Gasteiger partial charge in [0, 0.05) is 26.2 Å². The van der Waals surface area contributed by atoms with E-state index in [2.05, 4.69) is 36.9 Å². The molecule has 28 heavy (non-hydrogen) atoms. The molecule has 0 radical (unpaired) electrons. The van der Waals surface area contributed by atoms with Gasteiger partial charge in [-0.3, -0.25) is 0 Å². The highest BCUT2D eigenvalue weighted by Crippen LogP contribution is 2.17. The van der Waals surface area contributed by atoms with E-state index in [1.165, 1.54) is 28.9 Å². The summed E-state index contributed by atoms with van der Waals surface area (Å²) in [4.78, 5) is 1.56. The Labute approximate surface area is 173 Å². The molecule has 0 unspecified atom stereocenters. The minimum absolute atomic E-state index is 0.227. The van der Waals surface area contributed by atoms with Gasteiger partial charge in [0.1, 0.15) is 6.04 Å². The topological polar surface area (TPSA) is 65.9 Å². The highest BCUT2D eigenvalue weighted by Gasteiger charge is 2.18. The van der Waals surface area contributed by atoms with E-state index >= 15 is 0 Å². The normalized spacial score (nSPS) is 12.8. The molecule has 0 saturated heterocycles. The average Bonchev–Trinajstić information content (AvgIpc) is 2.65. The molecular weight excluding hydrogens is 392 g/mol. The van der Waals surface area contributed by atoms with Gasteiger partial charge >= 0.3 is 0 Å². The van der Waals surface area contributed by atoms with E-state index in [9.17, 15) is 8.42 Å². The largest absolute Gasteiger partial charge is 0.356 e. The lowest BCUT2D eigenvalue weighted by molar-refractivity contribution is -0.884. The predicted octanol–water partition coefficient (Wildman–Crippen LogP) is 0.979. The summed E-state index contributed by atoms with van der Waals surface area (Å²) in [5.41, 5.74) is 1.92. The number of anilines is 1. The van der Waals surface area contributed by atoms with Crippen molar-refractivity contribution in [3.05, 3.63) is 60.2 Å². The number of thiocarbonyl (C=S) groups is 1. The van der Waals surface area contributed by atoms with Crippen molar-refractivity contribution in [2.45, 2.75) is 17.4 Å². The smallest absolute Gasteiger partial charge is 0.242 e. The van der Waals surface area contributed by atoms with Crippen molar-refractivity contribution in [3.63, 3.8) is 0 Å². The van der Waals surface area contributed by atoms with E-state index in [1.54, 1.807) is 24.3 Å². The van der Waals surface area contributed by atoms with Gasteiger partial charge in [-0.25, -0.2) is 12.7 Å². The summed E-state index contributed by atoms with van der Waals surface area (Å²) in [7, 11) is 3.80. The Morgan fingerprint density at radius 2 is 1.79 bits per heavy atom. The maximum Gasteiger partial charge on any atom is 0.242 e. The van der Waals surface area contributed by atoms with Crippen LogP contribution in [0.15, 0.2) is 59.5 Å². The summed E-state index contributed by atoms with van der Waals surface area (Å²) < 4.78 is 25.8. The SMILES string of the molecule is CN(C)S(=O)(=O)c1cccc(NC(=S)NC[C@@H](Cc2ccccc2)[NH+](C)C)c1. The van der Waals surface area contributed by atoms with Gasteiger partial charge in [-0.1, -0.05) is 36.4 Å². The summed E-state index contributed by atoms with van der Waals surface area (Å²) in [6.45, 7) is 0.707. The third-order valence-electron chi connectivity index (χ3n) is 4.52. The number of nitrogens with zero attached hydrogens (tertiary/aromatic N) is 1. The molecule has 0 heterocycles. The van der Waals surface area contributed by atoms with Crippen molar-refractivity contribution in [1.82, 2.24) is 9.62 Å². The molecule has 1 atom stereocenters. The van der Waals surface area contributed by atoms with E-state index in [0.717, 1.165) is 6.42 Å². The molecular formula is C20H29N4O2S2+. The van der Waals surface area contributed by atoms with E-state index in [4.69, 9.17) is 12.2 Å². The van der Waals surface area contributed by atoms with E-state index in [-0.39, 0.29) is 4.90 Å². The highest BCUT2D eigenvalue weighted by atomic mass is 32.2. The second-order valence-electron chi connectivity index (χ2n) is 7.11. The van der Waals surface area contributed by atoms with Crippen LogP contribution in [0.3, 0.4) is 0 Å². The van der Waals surface area contributed by atoms with Crippen LogP contribution in [-0.2, 0) is 16.4 Å². The Kier molecular flexibility index (Phi) is 7.94. The average molecular weight is 422 g/mol. The zero-order chi connectivity index (χ0) is 20.7. The molecule has 0 spiro atoms. The molecule has 0 amide bonds. The van der Waals surface area contributed by atoms with Crippen LogP contribution in [0.25, 0.3) is 0 Å². The predicted molar refractivity (Wildman–Crippen MR) is 118 cm³/mol. The number of sulfonamides is 1. The highest BCUT2D eigenvalue weighted by molar-refractivity contribution is 7.89. The summed E-state index contributed by atoms with van der Waals surface area (Å²) >= 11 is 5.40. The molecule has 2 aromatic carbocycles. The Morgan fingerprint density at radius 3 is 2.39 bits per heavy atom. The van der Waals surface area contributed by atoms with Crippen molar-refractivity contribution in [2.75, 3.05) is 40.1 Å². The number of likely N-dealkylation sites (N-methyl/N-ethyl adjacent to an activating group) is 1. The minimum atomic E-state index is -3.48. The van der Waals surface area contributed by atoms with E-state index in [1.807, 2.05) is 18.2 Å². The molecule has 0 aliphatic rings. The van der Waals surface area contributed by atoms with E-state index < -0.39 is 10.0 Å². The fraction of sp³-hybridized carbons (Fsp3) is 0.350. The maximum atomic E-state index is 12.3. The number of benzene rings is 2. The van der Waals surface area contributed by atoms with Gasteiger partial charge in [-0.2, -0.15) is 0 Å². The molecule has 0 bridgehead atoms. The van der Waals surface area contributed by atoms with Gasteiger partial charge in [0.2, 0.25) is 10.0 Å². The van der Waals surface area contributed by atoms with Crippen LogP contribution in [0.1, 0.15) is 5.56 Å². The van der Waals surface area contributed by atoms with E-state index in [0.29, 0.717) is 23.4 Å². The zero-order valence-electron chi connectivity index (χ0n) is 16.8. The summed E-state index contributed by atoms with van der Waals surface area (Å²) in [5.74, 6) is 0. The van der Waals surface area contributed by atoms with Gasteiger partial charge in [0.05, 0.1) is 25.5 Å². The van der Waals surface area contributed by atoms with Crippen LogP contribution in [0, 0.1) is 0 Å². The molecule has 2 rings (SSSR count). The summed E-state index contributed by atoms with van der Waals surface area (Å²) in [5, 5.41) is 6.80. The first-order valence-electron chi connectivity index (χ1n) is 9.11. The molecule has 6 nitrogen and oxygen atoms in total. The fourth-order valence-electron chi connectivity index (χ4n) is 2.72. The number of hydrogen-bond acceptors (Lipinski definition) is 3. The third-order valence-corrected chi connectivity index (χ3v) is 6.58. The van der Waals surface area contributed by atoms with Crippen molar-refractivity contribution in [1.29, 1.82) is 0 Å². The van der Waals surface area contributed by atoms with Crippen molar-refractivity contribution in [2.24, 2.45) is 0 Å². The zero-order valence-corrected chi connectivity index (χ0v) is 18.4. The Morgan fingerprint density at radius 1 is 1.11 bits per heavy atom. The number of nitrogens with one attached hydrogen (secondary N) is 3. The van der Waals surface area contributed by atoms with Crippen molar-refractivity contribution >= 4 is 33.0 Å². The van der Waals surface area contributed by atoms with Gasteiger partial charge in [-0.15, -0.1) is 0 Å². The molecule has 0 fully saturated rings. The van der Waals surface area contributed by atoms with Crippen LogP contribution >= 0.6 is 12.2 Å². The minimum Gasteiger partial charge on any atom is -0.356 e. The van der Waals surface area contributed by atoms with Crippen molar-refractivity contribution in [3.8, 4) is 0 Å². The first-order chi connectivity index (χ1) is 13.2. The fourth-order valence-corrected chi connectivity index (χ4v) is 3.86. The first-order valence-corrected chi connectivity index (χ1v) is 11.0. The standard InChI is InChI=1S/C20H28N4O2S2/c1-23(2)18(13-16-9-6-5-7-10-16)15-21-20(27)22-17-11-8-12-19(14-17)28(25,26)24(3)4/h5-12,14,18H,13,15H2,1-4H3,(H2,21,22,27)/p+1/t18-/m1/s1. The first kappa shape index (κ1) is 22.3. The van der Waals surface area contributed by atoms with Gasteiger partial charge in [-0.05, 0) is 36.0 Å². The molecule has 3 N–H and O–H groups in total. The van der Waals surface area contributed by atoms with Gasteiger partial charge in [0.25, 0.3) is 0 Å². The lowest BCUT2D eigenvalue weighted by atomic mass is 10.1. The summed E-state index contributed by atoms with van der Waals surface area (Å²) in [6.07, 6.45) is 0.940. The molecule has 0 aromatic heterocycles.